The highest BCUT2D eigenvalue weighted by Crippen LogP contribution is 2.19. The second kappa shape index (κ2) is 6.57. The molecule has 0 radical (unpaired) electrons. The number of rotatable bonds is 5. The number of hydrogen-bond donors (Lipinski definition) is 0. The van der Waals surface area contributed by atoms with Crippen molar-refractivity contribution >= 4 is 16.7 Å². The van der Waals surface area contributed by atoms with Crippen molar-refractivity contribution in [2.75, 3.05) is 44.2 Å². The van der Waals surface area contributed by atoms with Gasteiger partial charge in [-0.2, -0.15) is 0 Å². The molecule has 7 heteroatoms. The van der Waals surface area contributed by atoms with E-state index in [0.29, 0.717) is 6.54 Å². The average Bonchev–Trinajstić information content (AvgIpc) is 2.55. The molecule has 1 aromatic heterocycles. The predicted octanol–water partition coefficient (Wildman–Crippen LogP) is 1.57. The van der Waals surface area contributed by atoms with E-state index in [2.05, 4.69) is 26.8 Å². The second-order valence-electron chi connectivity index (χ2n) is 5.25. The molecule has 1 aliphatic heterocycles. The zero-order valence-corrected chi connectivity index (χ0v) is 12.2. The summed E-state index contributed by atoms with van der Waals surface area (Å²) in [5.74, 6) is 0.986. The summed E-state index contributed by atoms with van der Waals surface area (Å²) in [6.45, 7) is 4.15. The van der Waals surface area contributed by atoms with Crippen LogP contribution in [0.15, 0.2) is 36.4 Å². The summed E-state index contributed by atoms with van der Waals surface area (Å²) in [7, 11) is 0. The van der Waals surface area contributed by atoms with Crippen molar-refractivity contribution in [1.29, 1.82) is 0 Å². The van der Waals surface area contributed by atoms with E-state index in [1.165, 1.54) is 0 Å². The summed E-state index contributed by atoms with van der Waals surface area (Å²) >= 11 is 0. The fourth-order valence-corrected chi connectivity index (χ4v) is 2.68. The summed E-state index contributed by atoms with van der Waals surface area (Å²) in [6, 6.07) is 12.2. The van der Waals surface area contributed by atoms with Crippen LogP contribution in [0.3, 0.4) is 0 Å². The standard InChI is InChI=1S/C15H18N4O3/c20-19(21)22-12-11-17-7-9-18(10-8-17)15-6-5-13-3-1-2-4-14(13)16-15/h1-6H,7-12H2. The smallest absolute Gasteiger partial charge is 0.294 e. The molecule has 0 unspecified atom stereocenters. The topological polar surface area (TPSA) is 71.7 Å². The Balaban J connectivity index is 1.57. The van der Waals surface area contributed by atoms with Gasteiger partial charge >= 0.3 is 0 Å². The molecule has 0 bridgehead atoms. The molecular formula is C15H18N4O3. The molecule has 3 rings (SSSR count). The number of nitrogens with zero attached hydrogens (tertiary/aromatic N) is 4. The zero-order valence-electron chi connectivity index (χ0n) is 12.2. The lowest BCUT2D eigenvalue weighted by atomic mass is 10.2. The fraction of sp³-hybridized carbons (Fsp3) is 0.400. The molecule has 0 saturated carbocycles. The molecule has 0 aliphatic carbocycles. The lowest BCUT2D eigenvalue weighted by molar-refractivity contribution is -0.757. The van der Waals surface area contributed by atoms with Crippen molar-refractivity contribution in [3.05, 3.63) is 46.5 Å². The van der Waals surface area contributed by atoms with E-state index >= 15 is 0 Å². The Morgan fingerprint density at radius 1 is 1.14 bits per heavy atom. The van der Waals surface area contributed by atoms with E-state index in [1.807, 2.05) is 24.3 Å². The molecule has 1 aromatic carbocycles. The van der Waals surface area contributed by atoms with Crippen LogP contribution in [0.1, 0.15) is 0 Å². The van der Waals surface area contributed by atoms with Crippen molar-refractivity contribution in [3.8, 4) is 0 Å². The molecule has 22 heavy (non-hydrogen) atoms. The highest BCUT2D eigenvalue weighted by molar-refractivity contribution is 5.80. The van der Waals surface area contributed by atoms with Crippen molar-refractivity contribution < 1.29 is 9.92 Å². The number of pyridine rings is 1. The molecule has 0 spiro atoms. The molecule has 2 aromatic rings. The third kappa shape index (κ3) is 3.43. The molecule has 0 amide bonds. The molecule has 0 atom stereocenters. The van der Waals surface area contributed by atoms with Gasteiger partial charge in [0.05, 0.1) is 5.52 Å². The van der Waals surface area contributed by atoms with E-state index < -0.39 is 5.09 Å². The summed E-state index contributed by atoms with van der Waals surface area (Å²) in [5.41, 5.74) is 1.00. The fourth-order valence-electron chi connectivity index (χ4n) is 2.68. The normalized spacial score (nSPS) is 15.9. The average molecular weight is 302 g/mol. The number of hydrogen-bond acceptors (Lipinski definition) is 6. The number of aromatic nitrogens is 1. The molecule has 0 N–H and O–H groups in total. The van der Waals surface area contributed by atoms with E-state index in [4.69, 9.17) is 4.98 Å². The van der Waals surface area contributed by atoms with Crippen molar-refractivity contribution in [1.82, 2.24) is 9.88 Å². The Morgan fingerprint density at radius 2 is 1.91 bits per heavy atom. The third-order valence-electron chi connectivity index (χ3n) is 3.88. The van der Waals surface area contributed by atoms with Gasteiger partial charge in [0, 0.05) is 38.1 Å². The maximum absolute atomic E-state index is 10.1. The van der Waals surface area contributed by atoms with Gasteiger partial charge in [0.1, 0.15) is 12.4 Å². The largest absolute Gasteiger partial charge is 0.354 e. The van der Waals surface area contributed by atoms with E-state index in [9.17, 15) is 10.1 Å². The molecular weight excluding hydrogens is 284 g/mol. The first kappa shape index (κ1) is 14.5. The van der Waals surface area contributed by atoms with Crippen LogP contribution in [-0.2, 0) is 4.84 Å². The Labute approximate surface area is 128 Å². The number of fused-ring (bicyclic) bond motifs is 1. The monoisotopic (exact) mass is 302 g/mol. The molecule has 116 valence electrons. The van der Waals surface area contributed by atoms with E-state index in [1.54, 1.807) is 0 Å². The molecule has 7 nitrogen and oxygen atoms in total. The first-order valence-electron chi connectivity index (χ1n) is 7.33. The summed E-state index contributed by atoms with van der Waals surface area (Å²) in [4.78, 5) is 23.6. The summed E-state index contributed by atoms with van der Waals surface area (Å²) in [6.07, 6.45) is 0. The maximum atomic E-state index is 10.1. The number of benzene rings is 1. The minimum absolute atomic E-state index is 0.126. The van der Waals surface area contributed by atoms with Crippen LogP contribution in [-0.4, -0.2) is 54.3 Å². The Morgan fingerprint density at radius 3 is 2.68 bits per heavy atom. The molecule has 1 fully saturated rings. The highest BCUT2D eigenvalue weighted by Gasteiger charge is 2.18. The van der Waals surface area contributed by atoms with E-state index in [-0.39, 0.29) is 6.61 Å². The van der Waals surface area contributed by atoms with Crippen LogP contribution in [0.4, 0.5) is 5.82 Å². The first-order chi connectivity index (χ1) is 10.7. The minimum Gasteiger partial charge on any atom is -0.354 e. The number of anilines is 1. The SMILES string of the molecule is O=[N+]([O-])OCCN1CCN(c2ccc3ccccc3n2)CC1. The Bertz CT molecular complexity index is 656. The predicted molar refractivity (Wildman–Crippen MR) is 83.3 cm³/mol. The molecule has 1 aliphatic rings. The first-order valence-corrected chi connectivity index (χ1v) is 7.33. The van der Waals surface area contributed by atoms with Gasteiger partial charge in [0.15, 0.2) is 0 Å². The lowest BCUT2D eigenvalue weighted by Crippen LogP contribution is -2.47. The van der Waals surface area contributed by atoms with Gasteiger partial charge in [0.2, 0.25) is 0 Å². The summed E-state index contributed by atoms with van der Waals surface area (Å²) in [5, 5.41) is 10.5. The van der Waals surface area contributed by atoms with Gasteiger partial charge in [-0.05, 0) is 18.2 Å². The van der Waals surface area contributed by atoms with Crippen molar-refractivity contribution in [2.45, 2.75) is 0 Å². The van der Waals surface area contributed by atoms with Crippen LogP contribution < -0.4 is 4.90 Å². The van der Waals surface area contributed by atoms with Crippen LogP contribution in [0.5, 0.6) is 0 Å². The second-order valence-corrected chi connectivity index (χ2v) is 5.25. The third-order valence-corrected chi connectivity index (χ3v) is 3.88. The van der Waals surface area contributed by atoms with Crippen LogP contribution in [0.2, 0.25) is 0 Å². The zero-order chi connectivity index (χ0) is 15.4. The van der Waals surface area contributed by atoms with Crippen molar-refractivity contribution in [2.24, 2.45) is 0 Å². The quantitative estimate of drug-likeness (QED) is 0.616. The van der Waals surface area contributed by atoms with Crippen LogP contribution >= 0.6 is 0 Å². The number of para-hydroxylation sites is 1. The van der Waals surface area contributed by atoms with Gasteiger partial charge in [-0.25, -0.2) is 4.98 Å². The Hall–Kier alpha value is -2.41. The van der Waals surface area contributed by atoms with Crippen LogP contribution in [0, 0.1) is 10.1 Å². The van der Waals surface area contributed by atoms with Gasteiger partial charge in [-0.1, -0.05) is 18.2 Å². The maximum Gasteiger partial charge on any atom is 0.294 e. The van der Waals surface area contributed by atoms with Crippen LogP contribution in [0.25, 0.3) is 10.9 Å². The van der Waals surface area contributed by atoms with Crippen molar-refractivity contribution in [3.63, 3.8) is 0 Å². The van der Waals surface area contributed by atoms with E-state index in [0.717, 1.165) is 42.9 Å². The lowest BCUT2D eigenvalue weighted by Gasteiger charge is -2.35. The number of piperazine rings is 1. The minimum atomic E-state index is -0.741. The highest BCUT2D eigenvalue weighted by atomic mass is 16.9. The van der Waals surface area contributed by atoms with Gasteiger partial charge in [-0.15, -0.1) is 10.1 Å². The summed E-state index contributed by atoms with van der Waals surface area (Å²) < 4.78 is 0. The Kier molecular flexibility index (Phi) is 4.34. The van der Waals surface area contributed by atoms with Gasteiger partial charge < -0.3 is 9.74 Å². The van der Waals surface area contributed by atoms with Gasteiger partial charge in [0.25, 0.3) is 5.09 Å². The van der Waals surface area contributed by atoms with Gasteiger partial charge in [-0.3, -0.25) is 4.90 Å². The molecule has 2 heterocycles. The molecule has 1 saturated heterocycles.